The molecule has 0 spiro atoms. The fourth-order valence-electron chi connectivity index (χ4n) is 3.57. The van der Waals surface area contributed by atoms with Crippen LogP contribution in [0.1, 0.15) is 6.17 Å². The maximum atomic E-state index is 8.25. The van der Waals surface area contributed by atoms with E-state index in [1.54, 1.807) is 21.8 Å². The first-order valence-electron chi connectivity index (χ1n) is 11.1. The van der Waals surface area contributed by atoms with Crippen molar-refractivity contribution in [3.63, 3.8) is 0 Å². The third-order valence-electron chi connectivity index (χ3n) is 5.06. The van der Waals surface area contributed by atoms with Crippen molar-refractivity contribution in [1.29, 1.82) is 0 Å². The molecule has 2 heterocycles. The van der Waals surface area contributed by atoms with Gasteiger partial charge in [-0.05, 0) is 48.5 Å². The molecule has 0 aliphatic carbocycles. The molecule has 2 aromatic heterocycles. The van der Waals surface area contributed by atoms with Gasteiger partial charge in [-0.1, -0.05) is 54.6 Å². The molecule has 0 atom stereocenters. The van der Waals surface area contributed by atoms with E-state index in [1.165, 1.54) is 15.9 Å². The summed E-state index contributed by atoms with van der Waals surface area (Å²) < 4.78 is 3.57. The smallest absolute Gasteiger partial charge is 0.356 e. The zero-order valence-electron chi connectivity index (χ0n) is 19.7. The molecule has 1 radical (unpaired) electrons. The second-order valence-corrected chi connectivity index (χ2v) is 9.87. The standard InChI is InChI=1S/C18H15P.C8H11N5.Cu.NO3/c1-4-10-16(11-5-1)19(17-12-6-2-7-13-17)18-14-8-3-9-15-18;9-7-8(12-5-1-3-10-12)13-6-2-4-11-13;;2-1(3)4/h1-15H;1-6,8H,7,9H2;;/q;;+2;-1/p+1. The van der Waals surface area contributed by atoms with E-state index in [0.29, 0.717) is 6.54 Å². The van der Waals surface area contributed by atoms with E-state index in [1.807, 2.05) is 24.5 Å². The van der Waals surface area contributed by atoms with Crippen LogP contribution in [-0.2, 0) is 17.1 Å². The fourth-order valence-corrected chi connectivity index (χ4v) is 6.14. The molecule has 0 aliphatic heterocycles. The molecule has 0 amide bonds. The van der Waals surface area contributed by atoms with Gasteiger partial charge in [0.25, 0.3) is 0 Å². The monoisotopic (exact) mass is 565 g/mol. The predicted molar refractivity (Wildman–Crippen MR) is 145 cm³/mol. The summed E-state index contributed by atoms with van der Waals surface area (Å²) in [5.41, 5.74) is 5.63. The molecule has 5 aromatic rings. The van der Waals surface area contributed by atoms with Gasteiger partial charge in [-0.15, -0.1) is 0 Å². The van der Waals surface area contributed by atoms with Crippen molar-refractivity contribution in [1.82, 2.24) is 19.6 Å². The van der Waals surface area contributed by atoms with E-state index in [0.717, 1.165) is 0 Å². The zero-order chi connectivity index (χ0) is 25.6. The van der Waals surface area contributed by atoms with Crippen molar-refractivity contribution in [3.05, 3.63) is 143 Å². The van der Waals surface area contributed by atoms with Gasteiger partial charge in [0.1, 0.15) is 15.9 Å². The van der Waals surface area contributed by atoms with Gasteiger partial charge < -0.3 is 21.1 Å². The molecule has 0 saturated heterocycles. The largest absolute Gasteiger partial charge is 2.00 e. The first-order valence-corrected chi connectivity index (χ1v) is 12.6. The van der Waals surface area contributed by atoms with Gasteiger partial charge in [0.15, 0.2) is 6.17 Å². The van der Waals surface area contributed by atoms with Crippen LogP contribution in [-0.4, -0.2) is 31.2 Å². The molecule has 0 unspecified atom stereocenters. The summed E-state index contributed by atoms with van der Waals surface area (Å²) in [5, 5.41) is 27.3. The summed E-state index contributed by atoms with van der Waals surface area (Å²) in [4.78, 5) is 8.25. The van der Waals surface area contributed by atoms with Crippen LogP contribution in [0.15, 0.2) is 128 Å². The Kier molecular flexibility index (Phi) is 12.8. The molecule has 0 saturated carbocycles. The molecular formula is C26H27CuN6O3P+2. The Bertz CT molecular complexity index is 1130. The van der Waals surface area contributed by atoms with E-state index in [9.17, 15) is 0 Å². The molecule has 0 aliphatic rings. The van der Waals surface area contributed by atoms with Crippen LogP contribution in [0.5, 0.6) is 0 Å². The third-order valence-corrected chi connectivity index (χ3v) is 7.79. The first-order chi connectivity index (χ1) is 17.6. The Morgan fingerprint density at radius 1 is 0.703 bits per heavy atom. The van der Waals surface area contributed by atoms with Gasteiger partial charge in [0.2, 0.25) is 0 Å². The van der Waals surface area contributed by atoms with Crippen molar-refractivity contribution in [3.8, 4) is 0 Å². The van der Waals surface area contributed by atoms with E-state index in [2.05, 4.69) is 101 Å². The molecule has 11 heteroatoms. The Morgan fingerprint density at radius 2 is 1.03 bits per heavy atom. The molecule has 0 bridgehead atoms. The van der Waals surface area contributed by atoms with Crippen molar-refractivity contribution in [2.24, 2.45) is 5.73 Å². The molecule has 193 valence electrons. The van der Waals surface area contributed by atoms with Crippen molar-refractivity contribution >= 4 is 23.8 Å². The SMILES string of the molecule is NCC(n1cccn1)n1cccn1.O=[N+]([O-])[O-].[Cu+2].c1ccc([PH+](c2ccccc2)c2ccccc2)cc1. The molecule has 9 nitrogen and oxygen atoms in total. The normalized spacial score (nSPS) is 9.92. The first kappa shape index (κ1) is 29.4. The molecule has 5 rings (SSSR count). The van der Waals surface area contributed by atoms with Crippen LogP contribution in [0.4, 0.5) is 0 Å². The number of nitrogens with zero attached hydrogens (tertiary/aromatic N) is 5. The average molecular weight is 566 g/mol. The summed E-state index contributed by atoms with van der Waals surface area (Å²) in [6.45, 7) is 0.476. The number of benzene rings is 3. The summed E-state index contributed by atoms with van der Waals surface area (Å²) in [6.07, 6.45) is 7.18. The Hall–Kier alpha value is -3.81. The van der Waals surface area contributed by atoms with Crippen molar-refractivity contribution in [2.75, 3.05) is 6.54 Å². The minimum absolute atomic E-state index is 0. The summed E-state index contributed by atoms with van der Waals surface area (Å²) >= 11 is 0. The van der Waals surface area contributed by atoms with Crippen LogP contribution in [0, 0.1) is 15.3 Å². The molecule has 37 heavy (non-hydrogen) atoms. The molecule has 2 N–H and O–H groups in total. The maximum absolute atomic E-state index is 8.25. The van der Waals surface area contributed by atoms with Crippen LogP contribution in [0.25, 0.3) is 0 Å². The van der Waals surface area contributed by atoms with Crippen LogP contribution in [0.2, 0.25) is 0 Å². The van der Waals surface area contributed by atoms with Crippen LogP contribution >= 0.6 is 7.92 Å². The maximum Gasteiger partial charge on any atom is 2.00 e. The number of aromatic nitrogens is 4. The van der Waals surface area contributed by atoms with E-state index in [4.69, 9.17) is 21.1 Å². The summed E-state index contributed by atoms with van der Waals surface area (Å²) in [5.74, 6) is 0. The Morgan fingerprint density at radius 3 is 1.27 bits per heavy atom. The van der Waals surface area contributed by atoms with Gasteiger partial charge >= 0.3 is 17.1 Å². The minimum atomic E-state index is -1.75. The number of rotatable bonds is 6. The number of nitrogens with two attached hydrogens (primary N) is 1. The van der Waals surface area contributed by atoms with Gasteiger partial charge in [-0.2, -0.15) is 10.2 Å². The topological polar surface area (TPSA) is 128 Å². The quantitative estimate of drug-likeness (QED) is 0.146. The Balaban J connectivity index is 0.000000233. The second-order valence-electron chi connectivity index (χ2n) is 7.39. The van der Waals surface area contributed by atoms with Gasteiger partial charge in [-0.25, -0.2) is 9.36 Å². The summed E-state index contributed by atoms with van der Waals surface area (Å²) in [6, 6.07) is 36.2. The molecule has 0 fully saturated rings. The number of hydrogen-bond donors (Lipinski definition) is 1. The Labute approximate surface area is 226 Å². The average Bonchev–Trinajstić information content (AvgIpc) is 3.63. The van der Waals surface area contributed by atoms with Crippen molar-refractivity contribution in [2.45, 2.75) is 6.17 Å². The molecular weight excluding hydrogens is 539 g/mol. The summed E-state index contributed by atoms with van der Waals surface area (Å²) in [7, 11) is -0.877. The van der Waals surface area contributed by atoms with Crippen LogP contribution in [0.3, 0.4) is 0 Å². The third kappa shape index (κ3) is 9.29. The van der Waals surface area contributed by atoms with E-state index < -0.39 is 13.0 Å². The van der Waals surface area contributed by atoms with Gasteiger partial charge in [0.05, 0.1) is 13.0 Å². The van der Waals surface area contributed by atoms with E-state index >= 15 is 0 Å². The predicted octanol–water partition coefficient (Wildman–Crippen LogP) is 3.02. The second kappa shape index (κ2) is 16.0. The van der Waals surface area contributed by atoms with Gasteiger partial charge in [-0.3, -0.25) is 0 Å². The van der Waals surface area contributed by atoms with E-state index in [-0.39, 0.29) is 23.2 Å². The molecule has 3 aromatic carbocycles. The van der Waals surface area contributed by atoms with Crippen molar-refractivity contribution < 1.29 is 22.2 Å². The van der Waals surface area contributed by atoms with Crippen LogP contribution < -0.4 is 21.6 Å². The fraction of sp³-hybridized carbons (Fsp3) is 0.0769. The minimum Gasteiger partial charge on any atom is -0.356 e. The number of hydrogen-bond acceptors (Lipinski definition) is 6. The zero-order valence-corrected chi connectivity index (χ0v) is 21.7. The van der Waals surface area contributed by atoms with Gasteiger partial charge in [0, 0.05) is 31.3 Å².